The van der Waals surface area contributed by atoms with E-state index in [-0.39, 0.29) is 11.5 Å². The fraction of sp³-hybridized carbons (Fsp3) is 0.520. The first-order valence-corrected chi connectivity index (χ1v) is 26.4. The zero-order chi connectivity index (χ0) is 44.1. The molecule has 0 radical (unpaired) electrons. The van der Waals surface area contributed by atoms with Gasteiger partial charge >= 0.3 is 0 Å². The lowest BCUT2D eigenvalue weighted by atomic mass is 10.1. The first-order valence-electron chi connectivity index (χ1n) is 23.1. The van der Waals surface area contributed by atoms with Crippen LogP contribution in [0.1, 0.15) is 142 Å². The standard InChI is InChI=1S/C50H70N4O6S2/c1-3-5-7-9-17-21-41-61(55,56)49-35-27-45(28-36-49)53-51-43-23-31-47(32-24-43)59-39-19-15-13-11-12-14-16-20-40-60-48-33-25-44(26-34-48)52-54-46-29-37-50(38-30-46)62(57,58)42-22-18-10-8-6-4-2/h23-38H,3-22,39-42H2,1-2H3. The van der Waals surface area contributed by atoms with Crippen LogP contribution in [0, 0.1) is 0 Å². The minimum absolute atomic E-state index is 0.182. The average Bonchev–Trinajstić information content (AvgIpc) is 3.28. The fourth-order valence-electron chi connectivity index (χ4n) is 6.91. The number of unbranched alkanes of at least 4 members (excludes halogenated alkanes) is 17. The smallest absolute Gasteiger partial charge is 0.178 e. The largest absolute Gasteiger partial charge is 0.494 e. The van der Waals surface area contributed by atoms with Crippen LogP contribution < -0.4 is 9.47 Å². The highest BCUT2D eigenvalue weighted by Crippen LogP contribution is 2.26. The van der Waals surface area contributed by atoms with Crippen LogP contribution in [0.5, 0.6) is 11.5 Å². The maximum atomic E-state index is 12.7. The molecule has 12 heteroatoms. The molecule has 0 bridgehead atoms. The molecule has 0 saturated heterocycles. The Labute approximate surface area is 372 Å². The molecular formula is C50H70N4O6S2. The SMILES string of the molecule is CCCCCCCCS(=O)(=O)c1ccc(N=Nc2ccc(OCCCCCCCCCCOc3ccc(N=Nc4ccc(S(=O)(=O)CCCCCCCC)cc4)cc3)cc2)cc1. The summed E-state index contributed by atoms with van der Waals surface area (Å²) in [6.45, 7) is 5.70. The van der Waals surface area contributed by atoms with Crippen molar-refractivity contribution in [2.75, 3.05) is 24.7 Å². The maximum absolute atomic E-state index is 12.7. The molecule has 0 N–H and O–H groups in total. The minimum Gasteiger partial charge on any atom is -0.494 e. The molecule has 0 aliphatic rings. The van der Waals surface area contributed by atoms with Crippen molar-refractivity contribution in [2.24, 2.45) is 20.5 Å². The van der Waals surface area contributed by atoms with Gasteiger partial charge in [0.25, 0.3) is 0 Å². The Morgan fingerprint density at radius 1 is 0.339 bits per heavy atom. The Morgan fingerprint density at radius 2 is 0.597 bits per heavy atom. The zero-order valence-corrected chi connectivity index (χ0v) is 38.9. The molecule has 0 spiro atoms. The minimum atomic E-state index is -3.28. The van der Waals surface area contributed by atoms with Gasteiger partial charge in [0, 0.05) is 0 Å². The lowest BCUT2D eigenvalue weighted by Crippen LogP contribution is -2.06. The number of azo groups is 2. The second kappa shape index (κ2) is 29.0. The van der Waals surface area contributed by atoms with Crippen molar-refractivity contribution in [1.29, 1.82) is 0 Å². The number of hydrogen-bond donors (Lipinski definition) is 0. The number of benzene rings is 4. The van der Waals surface area contributed by atoms with E-state index in [0.29, 0.717) is 58.6 Å². The molecule has 0 aromatic heterocycles. The van der Waals surface area contributed by atoms with Gasteiger partial charge in [-0.2, -0.15) is 20.5 Å². The molecule has 0 unspecified atom stereocenters. The Kier molecular flexibility index (Phi) is 23.5. The number of ether oxygens (including phenoxy) is 2. The highest BCUT2D eigenvalue weighted by Gasteiger charge is 2.15. The Bertz CT molecular complexity index is 1940. The van der Waals surface area contributed by atoms with Gasteiger partial charge in [-0.1, -0.05) is 117 Å². The second-order valence-corrected chi connectivity index (χ2v) is 20.3. The van der Waals surface area contributed by atoms with Crippen LogP contribution in [-0.2, 0) is 19.7 Å². The molecule has 62 heavy (non-hydrogen) atoms. The molecule has 0 fully saturated rings. The van der Waals surface area contributed by atoms with Gasteiger partial charge in [0.2, 0.25) is 0 Å². The molecular weight excluding hydrogens is 817 g/mol. The van der Waals surface area contributed by atoms with Crippen LogP contribution in [0.4, 0.5) is 22.7 Å². The average molecular weight is 887 g/mol. The predicted octanol–water partition coefficient (Wildman–Crippen LogP) is 15.4. The fourth-order valence-corrected chi connectivity index (χ4v) is 9.66. The molecule has 4 rings (SSSR count). The molecule has 338 valence electrons. The first-order chi connectivity index (χ1) is 30.2. The molecule has 0 saturated carbocycles. The summed E-state index contributed by atoms with van der Waals surface area (Å²) in [6.07, 6.45) is 21.7. The summed E-state index contributed by atoms with van der Waals surface area (Å²) in [7, 11) is -6.57. The van der Waals surface area contributed by atoms with E-state index in [4.69, 9.17) is 9.47 Å². The summed E-state index contributed by atoms with van der Waals surface area (Å²) in [5.74, 6) is 1.98. The summed E-state index contributed by atoms with van der Waals surface area (Å²) in [4.78, 5) is 0.674. The number of hydrogen-bond acceptors (Lipinski definition) is 10. The van der Waals surface area contributed by atoms with Gasteiger partial charge in [-0.15, -0.1) is 0 Å². The number of nitrogens with zero attached hydrogens (tertiary/aromatic N) is 4. The summed E-state index contributed by atoms with van der Waals surface area (Å²) in [6, 6.07) is 28.3. The third-order valence-corrected chi connectivity index (χ3v) is 14.4. The molecule has 4 aromatic carbocycles. The van der Waals surface area contributed by atoms with E-state index in [0.717, 1.165) is 62.9 Å². The van der Waals surface area contributed by atoms with Crippen LogP contribution in [0.3, 0.4) is 0 Å². The van der Waals surface area contributed by atoms with E-state index in [9.17, 15) is 16.8 Å². The van der Waals surface area contributed by atoms with Crippen molar-refractivity contribution in [3.8, 4) is 11.5 Å². The van der Waals surface area contributed by atoms with Crippen LogP contribution in [-0.4, -0.2) is 41.6 Å². The van der Waals surface area contributed by atoms with Crippen LogP contribution >= 0.6 is 0 Å². The highest BCUT2D eigenvalue weighted by atomic mass is 32.2. The van der Waals surface area contributed by atoms with Gasteiger partial charge in [-0.25, -0.2) is 16.8 Å². The molecule has 0 atom stereocenters. The van der Waals surface area contributed by atoms with Crippen molar-refractivity contribution in [1.82, 2.24) is 0 Å². The predicted molar refractivity (Wildman–Crippen MR) is 253 cm³/mol. The van der Waals surface area contributed by atoms with Crippen molar-refractivity contribution in [3.63, 3.8) is 0 Å². The third-order valence-electron chi connectivity index (χ3n) is 10.7. The van der Waals surface area contributed by atoms with E-state index >= 15 is 0 Å². The first kappa shape index (κ1) is 50.2. The number of sulfone groups is 2. The third kappa shape index (κ3) is 20.2. The molecule has 0 amide bonds. The quantitative estimate of drug-likeness (QED) is 0.0345. The molecule has 4 aromatic rings. The Morgan fingerprint density at radius 3 is 0.903 bits per heavy atom. The molecule has 10 nitrogen and oxygen atoms in total. The van der Waals surface area contributed by atoms with Gasteiger partial charge in [0.1, 0.15) is 11.5 Å². The van der Waals surface area contributed by atoms with Gasteiger partial charge in [-0.3, -0.25) is 0 Å². The van der Waals surface area contributed by atoms with Crippen LogP contribution in [0.15, 0.2) is 127 Å². The van der Waals surface area contributed by atoms with Crippen LogP contribution in [0.2, 0.25) is 0 Å². The maximum Gasteiger partial charge on any atom is 0.178 e. The molecule has 0 aliphatic carbocycles. The van der Waals surface area contributed by atoms with Gasteiger partial charge in [0.05, 0.1) is 57.3 Å². The topological polar surface area (TPSA) is 136 Å². The van der Waals surface area contributed by atoms with Crippen molar-refractivity contribution >= 4 is 42.4 Å². The summed E-state index contributed by atoms with van der Waals surface area (Å²) >= 11 is 0. The highest BCUT2D eigenvalue weighted by molar-refractivity contribution is 7.91. The van der Waals surface area contributed by atoms with Crippen molar-refractivity contribution in [2.45, 2.75) is 152 Å². The summed E-state index contributed by atoms with van der Waals surface area (Å²) in [5.41, 5.74) is 2.62. The lowest BCUT2D eigenvalue weighted by Gasteiger charge is -2.07. The molecule has 0 heterocycles. The van der Waals surface area contributed by atoms with Crippen LogP contribution in [0.25, 0.3) is 0 Å². The number of rotatable bonds is 33. The zero-order valence-electron chi connectivity index (χ0n) is 37.3. The Hall–Kier alpha value is -4.42. The normalized spacial score (nSPS) is 12.1. The van der Waals surface area contributed by atoms with E-state index < -0.39 is 19.7 Å². The summed E-state index contributed by atoms with van der Waals surface area (Å²) in [5, 5.41) is 17.1. The van der Waals surface area contributed by atoms with Gasteiger partial charge < -0.3 is 9.47 Å². The monoisotopic (exact) mass is 886 g/mol. The summed E-state index contributed by atoms with van der Waals surface area (Å²) < 4.78 is 62.6. The van der Waals surface area contributed by atoms with Gasteiger partial charge in [0.15, 0.2) is 19.7 Å². The van der Waals surface area contributed by atoms with Gasteiger partial charge in [-0.05, 0) is 123 Å². The Balaban J connectivity index is 0.991. The van der Waals surface area contributed by atoms with E-state index in [2.05, 4.69) is 34.3 Å². The lowest BCUT2D eigenvalue weighted by molar-refractivity contribution is 0.301. The van der Waals surface area contributed by atoms with E-state index in [1.165, 1.54) is 64.2 Å². The molecule has 0 aliphatic heterocycles. The van der Waals surface area contributed by atoms with Crippen molar-refractivity contribution < 1.29 is 26.3 Å². The van der Waals surface area contributed by atoms with E-state index in [1.807, 2.05) is 48.5 Å². The van der Waals surface area contributed by atoms with E-state index in [1.54, 1.807) is 48.5 Å². The second-order valence-electron chi connectivity index (χ2n) is 16.1. The van der Waals surface area contributed by atoms with Crippen molar-refractivity contribution in [3.05, 3.63) is 97.1 Å².